The molecule has 3 heterocycles. The molecule has 0 N–H and O–H groups in total. The summed E-state index contributed by atoms with van der Waals surface area (Å²) in [5, 5.41) is 7.10. The number of hydrogen-bond acceptors (Lipinski definition) is 6. The molecule has 0 unspecified atom stereocenters. The maximum absolute atomic E-state index is 6.69. The summed E-state index contributed by atoms with van der Waals surface area (Å²) in [6.07, 6.45) is 5.67. The van der Waals surface area contributed by atoms with Gasteiger partial charge in [0.1, 0.15) is 47.8 Å². The Morgan fingerprint density at radius 1 is 0.569 bits per heavy atom. The quantitative estimate of drug-likeness (QED) is 0.123. The van der Waals surface area contributed by atoms with E-state index >= 15 is 0 Å². The number of fused-ring (bicyclic) bond motifs is 3. The normalized spacial score (nSPS) is 11.2. The van der Waals surface area contributed by atoms with Crippen LogP contribution in [-0.4, -0.2) is 26.4 Å². The van der Waals surface area contributed by atoms with Crippen LogP contribution in [0.1, 0.15) is 27.8 Å². The zero-order chi connectivity index (χ0) is 39.6. The Morgan fingerprint density at radius 2 is 1.22 bits per heavy atom. The summed E-state index contributed by atoms with van der Waals surface area (Å²) in [6.45, 7) is 7.20. The second kappa shape index (κ2) is 15.7. The lowest BCUT2D eigenvalue weighted by Crippen LogP contribution is -2.06. The third kappa shape index (κ3) is 7.01. The molecule has 9 rings (SSSR count). The first kappa shape index (κ1) is 36.3. The first-order valence-corrected chi connectivity index (χ1v) is 19.3. The van der Waals surface area contributed by atoms with Crippen molar-refractivity contribution in [2.45, 2.75) is 34.0 Å². The molecule has 3 aromatic heterocycles. The number of pyridine rings is 1. The molecule has 0 aliphatic rings. The zero-order valence-corrected chi connectivity index (χ0v) is 32.8. The molecule has 8 nitrogen and oxygen atoms in total. The largest absolute Gasteiger partial charge is 0.497 e. The Morgan fingerprint density at radius 3 is 1.93 bits per heavy atom. The average molecular weight is 763 g/mol. The molecule has 9 aromatic rings. The van der Waals surface area contributed by atoms with Gasteiger partial charge in [-0.1, -0.05) is 84.9 Å². The van der Waals surface area contributed by atoms with Gasteiger partial charge in [-0.05, 0) is 85.0 Å². The summed E-state index contributed by atoms with van der Waals surface area (Å²) in [5.74, 6) is 4.44. The van der Waals surface area contributed by atoms with Gasteiger partial charge in [0.2, 0.25) is 0 Å². The number of benzene rings is 6. The average Bonchev–Trinajstić information content (AvgIpc) is 3.89. The summed E-state index contributed by atoms with van der Waals surface area (Å²) in [7, 11) is 1.66. The lowest BCUT2D eigenvalue weighted by molar-refractivity contribution is 0.289. The van der Waals surface area contributed by atoms with E-state index in [2.05, 4.69) is 79.9 Å². The fourth-order valence-electron chi connectivity index (χ4n) is 7.51. The van der Waals surface area contributed by atoms with Crippen LogP contribution in [0.5, 0.6) is 28.7 Å². The predicted octanol–water partition coefficient (Wildman–Crippen LogP) is 11.9. The van der Waals surface area contributed by atoms with E-state index in [1.807, 2.05) is 102 Å². The van der Waals surface area contributed by atoms with Crippen LogP contribution >= 0.6 is 0 Å². The Kier molecular flexibility index (Phi) is 9.81. The van der Waals surface area contributed by atoms with Crippen LogP contribution in [0.25, 0.3) is 44.4 Å². The number of aromatic nitrogens is 4. The molecule has 0 atom stereocenters. The minimum Gasteiger partial charge on any atom is -0.497 e. The van der Waals surface area contributed by atoms with Gasteiger partial charge in [-0.2, -0.15) is 5.10 Å². The Bertz CT molecular complexity index is 2830. The second-order valence-electron chi connectivity index (χ2n) is 14.3. The van der Waals surface area contributed by atoms with Crippen molar-refractivity contribution in [3.05, 3.63) is 186 Å². The molecule has 0 aliphatic heterocycles. The Balaban J connectivity index is 1.07. The van der Waals surface area contributed by atoms with Gasteiger partial charge in [0.25, 0.3) is 0 Å². The first-order chi connectivity index (χ1) is 28.4. The number of rotatable bonds is 12. The van der Waals surface area contributed by atoms with Gasteiger partial charge in [-0.25, -0.2) is 9.67 Å². The van der Waals surface area contributed by atoms with Gasteiger partial charge in [0.05, 0.1) is 35.6 Å². The minimum absolute atomic E-state index is 0.422. The van der Waals surface area contributed by atoms with E-state index in [1.54, 1.807) is 13.3 Å². The van der Waals surface area contributed by atoms with Crippen molar-refractivity contribution in [2.75, 3.05) is 7.11 Å². The fraction of sp³-hybridized carbons (Fsp3) is 0.120. The number of methoxy groups -OCH3 is 1. The molecule has 0 saturated carbocycles. The number of nitrogens with zero attached hydrogens (tertiary/aromatic N) is 4. The van der Waals surface area contributed by atoms with E-state index in [0.717, 1.165) is 89.5 Å². The summed E-state index contributed by atoms with van der Waals surface area (Å²) in [6, 6.07) is 46.7. The zero-order valence-electron chi connectivity index (χ0n) is 32.8. The molecule has 286 valence electrons. The van der Waals surface area contributed by atoms with Gasteiger partial charge < -0.3 is 18.9 Å². The molecule has 0 saturated heterocycles. The van der Waals surface area contributed by atoms with Crippen LogP contribution in [0.3, 0.4) is 0 Å². The van der Waals surface area contributed by atoms with E-state index in [4.69, 9.17) is 29.0 Å². The number of para-hydroxylation sites is 1. The Hall–Kier alpha value is -7.32. The maximum atomic E-state index is 6.69. The summed E-state index contributed by atoms with van der Waals surface area (Å²) >= 11 is 0. The minimum atomic E-state index is 0.422. The molecule has 0 aliphatic carbocycles. The summed E-state index contributed by atoms with van der Waals surface area (Å²) in [5.41, 5.74) is 10.1. The molecule has 0 radical (unpaired) electrons. The summed E-state index contributed by atoms with van der Waals surface area (Å²) in [4.78, 5) is 4.70. The first-order valence-electron chi connectivity index (χ1n) is 19.3. The van der Waals surface area contributed by atoms with Gasteiger partial charge in [0, 0.05) is 46.9 Å². The molecule has 8 heteroatoms. The van der Waals surface area contributed by atoms with E-state index in [1.165, 1.54) is 0 Å². The van der Waals surface area contributed by atoms with E-state index in [9.17, 15) is 0 Å². The fourth-order valence-corrected chi connectivity index (χ4v) is 7.51. The van der Waals surface area contributed by atoms with Crippen LogP contribution in [0.15, 0.2) is 158 Å². The highest BCUT2D eigenvalue weighted by Gasteiger charge is 2.24. The highest BCUT2D eigenvalue weighted by Crippen LogP contribution is 2.46. The van der Waals surface area contributed by atoms with Crippen LogP contribution in [-0.2, 0) is 13.2 Å². The van der Waals surface area contributed by atoms with Gasteiger partial charge in [-0.15, -0.1) is 0 Å². The predicted molar refractivity (Wildman–Crippen MR) is 230 cm³/mol. The molecule has 0 bridgehead atoms. The van der Waals surface area contributed by atoms with Crippen molar-refractivity contribution in [3.8, 4) is 51.4 Å². The highest BCUT2D eigenvalue weighted by molar-refractivity contribution is 6.09. The lowest BCUT2D eigenvalue weighted by Gasteiger charge is -2.22. The smallest absolute Gasteiger partial charge is 0.141 e. The number of hydrogen-bond donors (Lipinski definition) is 0. The third-order valence-electron chi connectivity index (χ3n) is 10.7. The van der Waals surface area contributed by atoms with E-state index in [-0.39, 0.29) is 0 Å². The van der Waals surface area contributed by atoms with Gasteiger partial charge in [-0.3, -0.25) is 4.57 Å². The SMILES string of the molecule is COc1ccnc(-n2c3ccccc3c3ccc(Oc4cccc(-n5cc(-c6c(OCc7ccccc7)c(C)c(C)c(C)c6OCc6ccccc6)cn5)c4)cc32)c1. The van der Waals surface area contributed by atoms with Gasteiger partial charge in [0.15, 0.2) is 0 Å². The van der Waals surface area contributed by atoms with E-state index < -0.39 is 0 Å². The maximum Gasteiger partial charge on any atom is 0.141 e. The second-order valence-corrected chi connectivity index (χ2v) is 14.3. The molecule has 6 aromatic carbocycles. The molecule has 58 heavy (non-hydrogen) atoms. The highest BCUT2D eigenvalue weighted by atomic mass is 16.5. The molecular formula is C50H42N4O4. The summed E-state index contributed by atoms with van der Waals surface area (Å²) < 4.78 is 29.5. The van der Waals surface area contributed by atoms with Crippen molar-refractivity contribution >= 4 is 21.8 Å². The van der Waals surface area contributed by atoms with Crippen LogP contribution in [0, 0.1) is 20.8 Å². The monoisotopic (exact) mass is 762 g/mol. The van der Waals surface area contributed by atoms with Crippen molar-refractivity contribution in [1.82, 2.24) is 19.3 Å². The third-order valence-corrected chi connectivity index (χ3v) is 10.7. The van der Waals surface area contributed by atoms with Crippen LogP contribution in [0.2, 0.25) is 0 Å². The molecule has 0 amide bonds. The number of ether oxygens (including phenoxy) is 4. The molecule has 0 fully saturated rings. The standard InChI is InChI=1S/C50H42N4O4/c1-33-34(2)49(56-31-36-14-7-5-8-15-36)48(50(35(33)3)57-32-37-16-9-6-10-17-37)38-29-52-53(30-38)39-18-13-19-41(26-39)58-42-22-23-44-43-20-11-12-21-45(43)54(46(44)27-42)47-28-40(55-4)24-25-51-47/h5-30H,31-32H2,1-4H3. The Labute approximate surface area is 337 Å². The van der Waals surface area contributed by atoms with Gasteiger partial charge >= 0.3 is 0 Å². The van der Waals surface area contributed by atoms with Crippen molar-refractivity contribution < 1.29 is 18.9 Å². The lowest BCUT2D eigenvalue weighted by atomic mass is 9.94. The molecule has 0 spiro atoms. The van der Waals surface area contributed by atoms with Crippen LogP contribution in [0.4, 0.5) is 0 Å². The van der Waals surface area contributed by atoms with Crippen molar-refractivity contribution in [1.29, 1.82) is 0 Å². The van der Waals surface area contributed by atoms with Crippen molar-refractivity contribution in [3.63, 3.8) is 0 Å². The molecular weight excluding hydrogens is 721 g/mol. The van der Waals surface area contributed by atoms with E-state index in [0.29, 0.717) is 24.7 Å². The van der Waals surface area contributed by atoms with Crippen molar-refractivity contribution in [2.24, 2.45) is 0 Å². The van der Waals surface area contributed by atoms with Crippen LogP contribution < -0.4 is 18.9 Å². The topological polar surface area (TPSA) is 72.6 Å².